The molecule has 1 fully saturated rings. The van der Waals surface area contributed by atoms with E-state index < -0.39 is 0 Å². The monoisotopic (exact) mass is 209 g/mol. The fourth-order valence-electron chi connectivity index (χ4n) is 1.72. The molecule has 1 N–H and O–H groups in total. The van der Waals surface area contributed by atoms with Crippen molar-refractivity contribution in [2.45, 2.75) is 25.4 Å². The van der Waals surface area contributed by atoms with E-state index >= 15 is 0 Å². The van der Waals surface area contributed by atoms with Gasteiger partial charge in [0.05, 0.1) is 6.61 Å². The van der Waals surface area contributed by atoms with Crippen molar-refractivity contribution in [1.29, 1.82) is 0 Å². The predicted molar refractivity (Wildman–Crippen MR) is 57.1 cm³/mol. The van der Waals surface area contributed by atoms with Crippen molar-refractivity contribution in [2.75, 3.05) is 13.2 Å². The first kappa shape index (κ1) is 10.6. The third kappa shape index (κ3) is 2.76. The van der Waals surface area contributed by atoms with E-state index in [1.807, 2.05) is 12.1 Å². The molecule has 2 nitrogen and oxygen atoms in total. The van der Waals surface area contributed by atoms with Crippen molar-refractivity contribution >= 4 is 0 Å². The zero-order chi connectivity index (χ0) is 10.7. The number of benzene rings is 1. The molecule has 15 heavy (non-hydrogen) atoms. The Labute approximate surface area is 89.4 Å². The van der Waals surface area contributed by atoms with Crippen LogP contribution in [0.5, 0.6) is 0 Å². The molecule has 1 aromatic carbocycles. The van der Waals surface area contributed by atoms with Gasteiger partial charge in [-0.15, -0.1) is 0 Å². The Kier molecular flexibility index (Phi) is 3.03. The average molecular weight is 209 g/mol. The molecule has 1 aliphatic heterocycles. The normalized spacial score (nSPS) is 25.7. The minimum atomic E-state index is -0.186. The number of ether oxygens (including phenoxy) is 1. The third-order valence-corrected chi connectivity index (χ3v) is 2.85. The van der Waals surface area contributed by atoms with E-state index in [0.29, 0.717) is 0 Å². The van der Waals surface area contributed by atoms with E-state index in [0.717, 1.165) is 31.7 Å². The first-order chi connectivity index (χ1) is 7.18. The molecule has 2 rings (SSSR count). The number of halogens is 1. The summed E-state index contributed by atoms with van der Waals surface area (Å²) in [5, 5.41) is 3.45. The minimum absolute atomic E-state index is 0.0778. The van der Waals surface area contributed by atoms with Gasteiger partial charge >= 0.3 is 0 Å². The number of hydrogen-bond donors (Lipinski definition) is 1. The van der Waals surface area contributed by atoms with Crippen LogP contribution in [0.15, 0.2) is 24.3 Å². The molecular formula is C12H16FNO. The van der Waals surface area contributed by atoms with Crippen LogP contribution in [0.25, 0.3) is 0 Å². The highest BCUT2D eigenvalue weighted by Crippen LogP contribution is 2.18. The Morgan fingerprint density at radius 3 is 2.73 bits per heavy atom. The summed E-state index contributed by atoms with van der Waals surface area (Å²) in [7, 11) is 0. The lowest BCUT2D eigenvalue weighted by Gasteiger charge is -2.23. The molecule has 1 aliphatic rings. The van der Waals surface area contributed by atoms with Gasteiger partial charge in [-0.1, -0.05) is 12.1 Å². The molecular weight excluding hydrogens is 193 g/mol. The summed E-state index contributed by atoms with van der Waals surface area (Å²) in [5.41, 5.74) is 1.18. The van der Waals surface area contributed by atoms with Crippen LogP contribution in [0.4, 0.5) is 4.39 Å². The topological polar surface area (TPSA) is 21.3 Å². The van der Waals surface area contributed by atoms with Gasteiger partial charge in [-0.2, -0.15) is 0 Å². The molecule has 0 saturated carbocycles. The summed E-state index contributed by atoms with van der Waals surface area (Å²) in [5.74, 6) is -0.186. The highest BCUT2D eigenvalue weighted by atomic mass is 19.1. The maximum Gasteiger partial charge on any atom is 0.123 e. The molecule has 1 atom stereocenters. The molecule has 0 aliphatic carbocycles. The van der Waals surface area contributed by atoms with Crippen molar-refractivity contribution in [3.63, 3.8) is 0 Å². The average Bonchev–Trinajstić information content (AvgIpc) is 2.65. The number of nitrogens with one attached hydrogen (secondary N) is 1. The lowest BCUT2D eigenvalue weighted by Crippen LogP contribution is -2.42. The van der Waals surface area contributed by atoms with Gasteiger partial charge in [0.15, 0.2) is 0 Å². The van der Waals surface area contributed by atoms with Crippen LogP contribution >= 0.6 is 0 Å². The Balaban J connectivity index is 1.90. The summed E-state index contributed by atoms with van der Waals surface area (Å²) in [6.45, 7) is 4.50. The van der Waals surface area contributed by atoms with Crippen LogP contribution in [0.1, 0.15) is 18.9 Å². The van der Waals surface area contributed by atoms with Crippen LogP contribution in [0.2, 0.25) is 0 Å². The van der Waals surface area contributed by atoms with Crippen molar-refractivity contribution in [2.24, 2.45) is 0 Å². The van der Waals surface area contributed by atoms with E-state index in [4.69, 9.17) is 4.74 Å². The molecule has 82 valence electrons. The Bertz CT molecular complexity index is 317. The van der Waals surface area contributed by atoms with Crippen molar-refractivity contribution in [3.8, 4) is 0 Å². The SMILES string of the molecule is CC1(NCc2ccc(F)cc2)CCOC1. The standard InChI is InChI=1S/C12H16FNO/c1-12(6-7-15-9-12)14-8-10-2-4-11(13)5-3-10/h2-5,14H,6-9H2,1H3. The minimum Gasteiger partial charge on any atom is -0.379 e. The fourth-order valence-corrected chi connectivity index (χ4v) is 1.72. The predicted octanol–water partition coefficient (Wildman–Crippen LogP) is 2.09. The largest absolute Gasteiger partial charge is 0.379 e. The molecule has 1 unspecified atom stereocenters. The van der Waals surface area contributed by atoms with Gasteiger partial charge in [-0.05, 0) is 31.0 Å². The Morgan fingerprint density at radius 2 is 2.13 bits per heavy atom. The van der Waals surface area contributed by atoms with Gasteiger partial charge in [-0.25, -0.2) is 4.39 Å². The highest BCUT2D eigenvalue weighted by Gasteiger charge is 2.28. The van der Waals surface area contributed by atoms with Crippen molar-refractivity contribution in [3.05, 3.63) is 35.6 Å². The Hall–Kier alpha value is -0.930. The van der Waals surface area contributed by atoms with E-state index in [9.17, 15) is 4.39 Å². The Morgan fingerprint density at radius 1 is 1.40 bits per heavy atom. The van der Waals surface area contributed by atoms with Gasteiger partial charge in [0.2, 0.25) is 0 Å². The van der Waals surface area contributed by atoms with Crippen LogP contribution in [0, 0.1) is 5.82 Å². The van der Waals surface area contributed by atoms with E-state index in [2.05, 4.69) is 12.2 Å². The third-order valence-electron chi connectivity index (χ3n) is 2.85. The first-order valence-corrected chi connectivity index (χ1v) is 5.25. The molecule has 1 aromatic rings. The number of hydrogen-bond acceptors (Lipinski definition) is 2. The van der Waals surface area contributed by atoms with Gasteiger partial charge in [0.1, 0.15) is 5.82 Å². The van der Waals surface area contributed by atoms with Gasteiger partial charge in [0, 0.05) is 18.7 Å². The lowest BCUT2D eigenvalue weighted by molar-refractivity contribution is 0.171. The maximum atomic E-state index is 12.7. The second-order valence-corrected chi connectivity index (χ2v) is 4.34. The zero-order valence-corrected chi connectivity index (χ0v) is 8.92. The molecule has 1 saturated heterocycles. The van der Waals surface area contributed by atoms with Crippen LogP contribution in [-0.4, -0.2) is 18.8 Å². The van der Waals surface area contributed by atoms with E-state index in [1.165, 1.54) is 12.1 Å². The summed E-state index contributed by atoms with van der Waals surface area (Å²) in [6.07, 6.45) is 1.04. The van der Waals surface area contributed by atoms with E-state index in [1.54, 1.807) is 0 Å². The van der Waals surface area contributed by atoms with Crippen LogP contribution < -0.4 is 5.32 Å². The first-order valence-electron chi connectivity index (χ1n) is 5.25. The highest BCUT2D eigenvalue weighted by molar-refractivity contribution is 5.16. The van der Waals surface area contributed by atoms with Crippen LogP contribution in [-0.2, 0) is 11.3 Å². The molecule has 0 bridgehead atoms. The van der Waals surface area contributed by atoms with E-state index in [-0.39, 0.29) is 11.4 Å². The molecule has 1 heterocycles. The molecule has 0 spiro atoms. The number of rotatable bonds is 3. The fraction of sp³-hybridized carbons (Fsp3) is 0.500. The molecule has 0 aromatic heterocycles. The van der Waals surface area contributed by atoms with Crippen molar-refractivity contribution in [1.82, 2.24) is 5.32 Å². The summed E-state index contributed by atoms with van der Waals surface area (Å²) in [6, 6.07) is 6.60. The van der Waals surface area contributed by atoms with Crippen LogP contribution in [0.3, 0.4) is 0 Å². The van der Waals surface area contributed by atoms with Gasteiger partial charge < -0.3 is 10.1 Å². The summed E-state index contributed by atoms with van der Waals surface area (Å²) < 4.78 is 18.0. The second-order valence-electron chi connectivity index (χ2n) is 4.34. The second kappa shape index (κ2) is 4.29. The van der Waals surface area contributed by atoms with Gasteiger partial charge in [0.25, 0.3) is 0 Å². The maximum absolute atomic E-state index is 12.7. The van der Waals surface area contributed by atoms with Crippen molar-refractivity contribution < 1.29 is 9.13 Å². The molecule has 0 radical (unpaired) electrons. The van der Waals surface area contributed by atoms with Gasteiger partial charge in [-0.3, -0.25) is 0 Å². The lowest BCUT2D eigenvalue weighted by atomic mass is 10.0. The quantitative estimate of drug-likeness (QED) is 0.823. The molecule has 3 heteroatoms. The molecule has 0 amide bonds. The zero-order valence-electron chi connectivity index (χ0n) is 8.92. The smallest absolute Gasteiger partial charge is 0.123 e. The summed E-state index contributed by atoms with van der Waals surface area (Å²) >= 11 is 0. The summed E-state index contributed by atoms with van der Waals surface area (Å²) in [4.78, 5) is 0.